The molecule has 3 aromatic rings. The van der Waals surface area contributed by atoms with Crippen LogP contribution in [0.5, 0.6) is 0 Å². The number of aromatic nitrogens is 4. The van der Waals surface area contributed by atoms with Gasteiger partial charge in [-0.1, -0.05) is 42.5 Å². The lowest BCUT2D eigenvalue weighted by atomic mass is 9.96. The van der Waals surface area contributed by atoms with E-state index in [-0.39, 0.29) is 11.8 Å². The zero-order valence-corrected chi connectivity index (χ0v) is 13.5. The molecular formula is C18H19N5O. The molecule has 0 bridgehead atoms. The van der Waals surface area contributed by atoms with Crippen molar-refractivity contribution in [1.82, 2.24) is 25.3 Å². The lowest BCUT2D eigenvalue weighted by Crippen LogP contribution is -2.28. The molecule has 6 heteroatoms. The van der Waals surface area contributed by atoms with Gasteiger partial charge in [0.1, 0.15) is 5.69 Å². The highest BCUT2D eigenvalue weighted by molar-refractivity contribution is 5.83. The molecule has 0 saturated carbocycles. The van der Waals surface area contributed by atoms with Crippen molar-refractivity contribution in [3.05, 3.63) is 72.3 Å². The quantitative estimate of drug-likeness (QED) is 0.757. The molecule has 2 heterocycles. The van der Waals surface area contributed by atoms with Gasteiger partial charge in [-0.15, -0.1) is 5.10 Å². The molecule has 6 nitrogen and oxygen atoms in total. The van der Waals surface area contributed by atoms with Crippen LogP contribution in [-0.4, -0.2) is 25.9 Å². The maximum atomic E-state index is 12.4. The molecule has 0 aliphatic heterocycles. The van der Waals surface area contributed by atoms with Crippen molar-refractivity contribution in [3.8, 4) is 5.69 Å². The number of pyridine rings is 1. The summed E-state index contributed by atoms with van der Waals surface area (Å²) in [5, 5.41) is 11.1. The minimum Gasteiger partial charge on any atom is -0.350 e. The molecule has 122 valence electrons. The smallest absolute Gasteiger partial charge is 0.227 e. The van der Waals surface area contributed by atoms with Crippen molar-refractivity contribution in [2.75, 3.05) is 0 Å². The van der Waals surface area contributed by atoms with Crippen LogP contribution in [0, 0.1) is 0 Å². The second-order valence-electron chi connectivity index (χ2n) is 5.45. The number of hydrogen-bond donors (Lipinski definition) is 1. The third-order valence-electron chi connectivity index (χ3n) is 3.82. The van der Waals surface area contributed by atoms with Crippen molar-refractivity contribution in [2.45, 2.75) is 25.8 Å². The highest BCUT2D eigenvalue weighted by Gasteiger charge is 2.18. The van der Waals surface area contributed by atoms with Crippen molar-refractivity contribution >= 4 is 5.91 Å². The molecule has 1 amide bonds. The molecule has 1 aromatic carbocycles. The second kappa shape index (κ2) is 7.50. The first kappa shape index (κ1) is 15.9. The van der Waals surface area contributed by atoms with Crippen LogP contribution in [0.2, 0.25) is 0 Å². The van der Waals surface area contributed by atoms with Gasteiger partial charge in [-0.2, -0.15) is 0 Å². The van der Waals surface area contributed by atoms with Gasteiger partial charge in [-0.25, -0.2) is 4.68 Å². The van der Waals surface area contributed by atoms with Gasteiger partial charge in [0.05, 0.1) is 30.5 Å². The summed E-state index contributed by atoms with van der Waals surface area (Å²) in [5.74, 6) is -0.154. The number of carbonyl (C=O) groups excluding carboxylic acids is 1. The first-order valence-corrected chi connectivity index (χ1v) is 7.92. The zero-order valence-electron chi connectivity index (χ0n) is 13.5. The molecule has 1 unspecified atom stereocenters. The molecule has 0 fully saturated rings. The first-order valence-electron chi connectivity index (χ1n) is 7.92. The van der Waals surface area contributed by atoms with E-state index in [0.717, 1.165) is 17.7 Å². The SMILES string of the molecule is CCC(C(=O)NCc1cn(-c2cccnc2)nn1)c1ccccc1. The molecule has 0 aliphatic rings. The molecule has 0 spiro atoms. The fraction of sp³-hybridized carbons (Fsp3) is 0.222. The third kappa shape index (κ3) is 3.65. The molecule has 2 aromatic heterocycles. The Morgan fingerprint density at radius 2 is 2.04 bits per heavy atom. The van der Waals surface area contributed by atoms with Crippen LogP contribution in [0.1, 0.15) is 30.5 Å². The van der Waals surface area contributed by atoms with Crippen LogP contribution in [0.25, 0.3) is 5.69 Å². The summed E-state index contributed by atoms with van der Waals surface area (Å²) in [6.45, 7) is 2.36. The van der Waals surface area contributed by atoms with Crippen molar-refractivity contribution in [1.29, 1.82) is 0 Å². The molecular weight excluding hydrogens is 302 g/mol. The predicted molar refractivity (Wildman–Crippen MR) is 90.5 cm³/mol. The molecule has 0 aliphatic carbocycles. The van der Waals surface area contributed by atoms with Crippen LogP contribution in [-0.2, 0) is 11.3 Å². The van der Waals surface area contributed by atoms with E-state index in [9.17, 15) is 4.79 Å². The molecule has 3 rings (SSSR count). The Morgan fingerprint density at radius 1 is 1.21 bits per heavy atom. The Kier molecular flexibility index (Phi) is 4.96. The van der Waals surface area contributed by atoms with Gasteiger partial charge in [0.15, 0.2) is 0 Å². The Bertz CT molecular complexity index is 785. The van der Waals surface area contributed by atoms with E-state index in [1.165, 1.54) is 0 Å². The highest BCUT2D eigenvalue weighted by Crippen LogP contribution is 2.19. The van der Waals surface area contributed by atoms with E-state index < -0.39 is 0 Å². The Labute approximate surface area is 140 Å². The summed E-state index contributed by atoms with van der Waals surface area (Å²) in [7, 11) is 0. The van der Waals surface area contributed by atoms with Gasteiger partial charge in [0, 0.05) is 6.20 Å². The summed E-state index contributed by atoms with van der Waals surface area (Å²) < 4.78 is 1.64. The number of rotatable bonds is 6. The minimum atomic E-state index is -0.153. The van der Waals surface area contributed by atoms with Crippen molar-refractivity contribution in [2.24, 2.45) is 0 Å². The number of nitrogens with zero attached hydrogens (tertiary/aromatic N) is 4. The van der Waals surface area contributed by atoms with Crippen LogP contribution >= 0.6 is 0 Å². The fourth-order valence-electron chi connectivity index (χ4n) is 2.55. The van der Waals surface area contributed by atoms with Gasteiger partial charge in [-0.05, 0) is 24.1 Å². The lowest BCUT2D eigenvalue weighted by Gasteiger charge is -2.14. The van der Waals surface area contributed by atoms with E-state index in [1.807, 2.05) is 49.4 Å². The van der Waals surface area contributed by atoms with Crippen molar-refractivity contribution in [3.63, 3.8) is 0 Å². The van der Waals surface area contributed by atoms with E-state index in [2.05, 4.69) is 20.6 Å². The van der Waals surface area contributed by atoms with Crippen LogP contribution in [0.3, 0.4) is 0 Å². The maximum absolute atomic E-state index is 12.4. The lowest BCUT2D eigenvalue weighted by molar-refractivity contribution is -0.122. The Morgan fingerprint density at radius 3 is 2.75 bits per heavy atom. The first-order chi connectivity index (χ1) is 11.8. The number of benzene rings is 1. The molecule has 0 radical (unpaired) electrons. The number of amides is 1. The number of hydrogen-bond acceptors (Lipinski definition) is 4. The summed E-state index contributed by atoms with van der Waals surface area (Å²) in [4.78, 5) is 16.5. The van der Waals surface area contributed by atoms with Gasteiger partial charge in [-0.3, -0.25) is 9.78 Å². The normalized spacial score (nSPS) is 11.9. The molecule has 1 atom stereocenters. The van der Waals surface area contributed by atoms with Gasteiger partial charge in [0.25, 0.3) is 0 Å². The average Bonchev–Trinajstić information content (AvgIpc) is 3.11. The Hall–Kier alpha value is -3.02. The van der Waals surface area contributed by atoms with E-state index in [1.54, 1.807) is 23.3 Å². The van der Waals surface area contributed by atoms with Crippen molar-refractivity contribution < 1.29 is 4.79 Å². The summed E-state index contributed by atoms with van der Waals surface area (Å²) >= 11 is 0. The van der Waals surface area contributed by atoms with Gasteiger partial charge < -0.3 is 5.32 Å². The fourth-order valence-corrected chi connectivity index (χ4v) is 2.55. The molecule has 0 saturated heterocycles. The zero-order chi connectivity index (χ0) is 16.8. The van der Waals surface area contributed by atoms with Gasteiger partial charge in [0.2, 0.25) is 5.91 Å². The predicted octanol–water partition coefficient (Wildman–Crippen LogP) is 2.47. The van der Waals surface area contributed by atoms with E-state index in [4.69, 9.17) is 0 Å². The van der Waals surface area contributed by atoms with Crippen LogP contribution in [0.15, 0.2) is 61.1 Å². The van der Waals surface area contributed by atoms with Gasteiger partial charge >= 0.3 is 0 Å². The topological polar surface area (TPSA) is 72.7 Å². The molecule has 1 N–H and O–H groups in total. The maximum Gasteiger partial charge on any atom is 0.227 e. The highest BCUT2D eigenvalue weighted by atomic mass is 16.1. The van der Waals surface area contributed by atoms with E-state index >= 15 is 0 Å². The largest absolute Gasteiger partial charge is 0.350 e. The molecule has 24 heavy (non-hydrogen) atoms. The third-order valence-corrected chi connectivity index (χ3v) is 3.82. The monoisotopic (exact) mass is 321 g/mol. The summed E-state index contributed by atoms with van der Waals surface area (Å²) in [6, 6.07) is 13.5. The van der Waals surface area contributed by atoms with Crippen LogP contribution in [0.4, 0.5) is 0 Å². The number of carbonyl (C=O) groups is 1. The van der Waals surface area contributed by atoms with Crippen LogP contribution < -0.4 is 5.32 Å². The minimum absolute atomic E-state index is 0.000345. The van der Waals surface area contributed by atoms with E-state index in [0.29, 0.717) is 12.2 Å². The average molecular weight is 321 g/mol. The summed E-state index contributed by atoms with van der Waals surface area (Å²) in [6.07, 6.45) is 5.95. The Balaban J connectivity index is 1.63. The summed E-state index contributed by atoms with van der Waals surface area (Å²) in [5.41, 5.74) is 2.56. The second-order valence-corrected chi connectivity index (χ2v) is 5.45. The standard InChI is InChI=1S/C18H19N5O/c1-2-17(14-7-4-3-5-8-14)18(24)20-11-15-13-23(22-21-15)16-9-6-10-19-12-16/h3-10,12-13,17H,2,11H2,1H3,(H,20,24). The number of nitrogens with one attached hydrogen (secondary N) is 1.